The summed E-state index contributed by atoms with van der Waals surface area (Å²) in [5.41, 5.74) is 5.96. The van der Waals surface area contributed by atoms with Gasteiger partial charge in [-0.2, -0.15) is 5.10 Å². The fourth-order valence-corrected chi connectivity index (χ4v) is 2.99. The predicted octanol–water partition coefficient (Wildman–Crippen LogP) is 1.25. The number of hydrogen-bond acceptors (Lipinski definition) is 5. The van der Waals surface area contributed by atoms with Crippen molar-refractivity contribution in [3.63, 3.8) is 0 Å². The Morgan fingerprint density at radius 3 is 2.55 bits per heavy atom. The molecule has 0 bridgehead atoms. The van der Waals surface area contributed by atoms with E-state index < -0.39 is 10.0 Å². The zero-order valence-electron chi connectivity index (χ0n) is 12.9. The maximum atomic E-state index is 12.4. The normalized spacial score (nSPS) is 17.8. The Morgan fingerprint density at radius 1 is 1.41 bits per heavy atom. The van der Waals surface area contributed by atoms with E-state index in [1.54, 1.807) is 23.4 Å². The second-order valence-corrected chi connectivity index (χ2v) is 7.45. The smallest absolute Gasteiger partial charge is 0.264 e. The highest BCUT2D eigenvalue weighted by Gasteiger charge is 2.29. The summed E-state index contributed by atoms with van der Waals surface area (Å²) in [7, 11) is -3.73. The number of nitrogens with zero attached hydrogens (tertiary/aromatic N) is 3. The van der Waals surface area contributed by atoms with Crippen LogP contribution in [0.3, 0.4) is 0 Å². The molecule has 0 fully saturated rings. The Balaban J connectivity index is 2.23. The molecule has 0 spiro atoms. The molecule has 1 aliphatic heterocycles. The Labute approximate surface area is 131 Å². The van der Waals surface area contributed by atoms with Gasteiger partial charge in [-0.15, -0.1) is 0 Å². The molecule has 0 unspecified atom stereocenters. The molecule has 0 aromatic heterocycles. The van der Waals surface area contributed by atoms with Gasteiger partial charge in [-0.3, -0.25) is 4.99 Å². The van der Waals surface area contributed by atoms with Gasteiger partial charge in [-0.1, -0.05) is 13.8 Å². The topological polar surface area (TPSA) is 100 Å². The molecule has 0 saturated carbocycles. The van der Waals surface area contributed by atoms with E-state index in [0.717, 1.165) is 0 Å². The number of nitrogen functional groups attached to an aromatic ring is 1. The van der Waals surface area contributed by atoms with E-state index in [1.165, 1.54) is 12.1 Å². The molecule has 2 rings (SSSR count). The molecule has 1 aromatic carbocycles. The molecule has 3 N–H and O–H groups in total. The fourth-order valence-electron chi connectivity index (χ4n) is 1.97. The van der Waals surface area contributed by atoms with E-state index in [1.807, 2.05) is 20.8 Å². The van der Waals surface area contributed by atoms with Gasteiger partial charge >= 0.3 is 0 Å². The lowest BCUT2D eigenvalue weighted by Crippen LogP contribution is -2.42. The lowest BCUT2D eigenvalue weighted by atomic mass is 9.97. The largest absolute Gasteiger partial charge is 0.399 e. The lowest BCUT2D eigenvalue weighted by molar-refractivity contribution is 0.379. The molecule has 7 nitrogen and oxygen atoms in total. The summed E-state index contributed by atoms with van der Waals surface area (Å²) in [6, 6.07) is 6.00. The van der Waals surface area contributed by atoms with Crippen molar-refractivity contribution in [2.75, 3.05) is 18.8 Å². The third-order valence-electron chi connectivity index (χ3n) is 3.07. The highest BCUT2D eigenvalue weighted by Crippen LogP contribution is 2.21. The van der Waals surface area contributed by atoms with Gasteiger partial charge in [0.1, 0.15) is 0 Å². The molecule has 0 radical (unpaired) electrons. The molecule has 0 amide bonds. The monoisotopic (exact) mass is 323 g/mol. The summed E-state index contributed by atoms with van der Waals surface area (Å²) in [5, 5.41) is 5.80. The van der Waals surface area contributed by atoms with Gasteiger partial charge in [0.15, 0.2) is 0 Å². The number of nitrogens with two attached hydrogens (primary N) is 1. The number of sulfonamides is 1. The summed E-state index contributed by atoms with van der Waals surface area (Å²) in [4.78, 5) is 4.35. The number of benzene rings is 1. The highest BCUT2D eigenvalue weighted by atomic mass is 32.2. The van der Waals surface area contributed by atoms with Crippen molar-refractivity contribution < 1.29 is 8.42 Å². The highest BCUT2D eigenvalue weighted by molar-refractivity contribution is 7.90. The molecule has 0 saturated heterocycles. The average molecular weight is 323 g/mol. The van der Waals surface area contributed by atoms with Crippen LogP contribution in [-0.4, -0.2) is 38.7 Å². The fraction of sp³-hybridized carbons (Fsp3) is 0.429. The first-order chi connectivity index (χ1) is 10.2. The molecule has 0 aliphatic carbocycles. The number of hydrazone groups is 1. The Hall–Kier alpha value is -2.09. The molecule has 120 valence electrons. The van der Waals surface area contributed by atoms with Crippen molar-refractivity contribution in [3.8, 4) is 0 Å². The second kappa shape index (κ2) is 5.96. The summed E-state index contributed by atoms with van der Waals surface area (Å²) in [5.74, 6) is 0.223. The summed E-state index contributed by atoms with van der Waals surface area (Å²) in [6.45, 7) is 6.90. The minimum atomic E-state index is -3.73. The van der Waals surface area contributed by atoms with Crippen molar-refractivity contribution in [3.05, 3.63) is 24.3 Å². The SMILES string of the molecule is CCN=C(NS(=O)(=O)c1ccc(N)cc1)N1CC(C)(C)C=N1. The third kappa shape index (κ3) is 3.76. The van der Waals surface area contributed by atoms with Crippen molar-refractivity contribution in [1.29, 1.82) is 0 Å². The van der Waals surface area contributed by atoms with Crippen LogP contribution in [0.25, 0.3) is 0 Å². The van der Waals surface area contributed by atoms with Gasteiger partial charge in [0, 0.05) is 23.9 Å². The molecular weight excluding hydrogens is 302 g/mol. The molecule has 1 aromatic rings. The quantitative estimate of drug-likeness (QED) is 0.496. The lowest BCUT2D eigenvalue weighted by Gasteiger charge is -2.21. The average Bonchev–Trinajstić information content (AvgIpc) is 2.79. The van der Waals surface area contributed by atoms with Gasteiger partial charge in [-0.05, 0) is 31.2 Å². The summed E-state index contributed by atoms with van der Waals surface area (Å²) < 4.78 is 27.4. The molecule has 22 heavy (non-hydrogen) atoms. The first-order valence-electron chi connectivity index (χ1n) is 6.99. The van der Waals surface area contributed by atoms with Gasteiger partial charge < -0.3 is 5.73 Å². The van der Waals surface area contributed by atoms with Crippen molar-refractivity contribution in [2.45, 2.75) is 25.7 Å². The predicted molar refractivity (Wildman–Crippen MR) is 88.1 cm³/mol. The van der Waals surface area contributed by atoms with Gasteiger partial charge in [0.2, 0.25) is 5.96 Å². The van der Waals surface area contributed by atoms with Crippen LogP contribution < -0.4 is 10.5 Å². The van der Waals surface area contributed by atoms with E-state index in [0.29, 0.717) is 18.8 Å². The number of guanidine groups is 1. The van der Waals surface area contributed by atoms with E-state index in [2.05, 4.69) is 14.8 Å². The molecule has 0 atom stereocenters. The molecule has 1 aliphatic rings. The van der Waals surface area contributed by atoms with Crippen LogP contribution >= 0.6 is 0 Å². The Morgan fingerprint density at radius 2 is 2.05 bits per heavy atom. The van der Waals surface area contributed by atoms with Crippen molar-refractivity contribution in [2.24, 2.45) is 15.5 Å². The number of aliphatic imine (C=N–C) groups is 1. The summed E-state index contributed by atoms with van der Waals surface area (Å²) in [6.07, 6.45) is 1.79. The van der Waals surface area contributed by atoms with Crippen LogP contribution in [0.1, 0.15) is 20.8 Å². The zero-order chi connectivity index (χ0) is 16.4. The number of hydrogen-bond donors (Lipinski definition) is 2. The molecule has 8 heteroatoms. The summed E-state index contributed by atoms with van der Waals surface area (Å²) >= 11 is 0. The Kier molecular flexibility index (Phi) is 4.41. The van der Waals surface area contributed by atoms with Gasteiger partial charge in [0.25, 0.3) is 10.0 Å². The standard InChI is InChI=1S/C14H21N5O2S/c1-4-16-13(19-10-14(2,3)9-17-19)18-22(20,21)12-7-5-11(15)6-8-12/h5-9H,4,10,15H2,1-3H3,(H,16,18). The van der Waals surface area contributed by atoms with Crippen LogP contribution in [0.15, 0.2) is 39.3 Å². The maximum absolute atomic E-state index is 12.4. The number of nitrogens with one attached hydrogen (secondary N) is 1. The van der Waals surface area contributed by atoms with E-state index in [4.69, 9.17) is 5.73 Å². The van der Waals surface area contributed by atoms with Crippen LogP contribution in [0.4, 0.5) is 5.69 Å². The molecule has 1 heterocycles. The minimum absolute atomic E-state index is 0.124. The van der Waals surface area contributed by atoms with E-state index in [9.17, 15) is 8.42 Å². The number of rotatable bonds is 3. The van der Waals surface area contributed by atoms with Crippen LogP contribution in [0.2, 0.25) is 0 Å². The Bertz CT molecular complexity index is 692. The van der Waals surface area contributed by atoms with Crippen LogP contribution in [-0.2, 0) is 10.0 Å². The van der Waals surface area contributed by atoms with Crippen molar-refractivity contribution >= 4 is 27.9 Å². The molecular formula is C14H21N5O2S. The van der Waals surface area contributed by atoms with E-state index in [-0.39, 0.29) is 16.3 Å². The minimum Gasteiger partial charge on any atom is -0.399 e. The van der Waals surface area contributed by atoms with E-state index >= 15 is 0 Å². The second-order valence-electron chi connectivity index (χ2n) is 5.76. The van der Waals surface area contributed by atoms with Gasteiger partial charge in [0.05, 0.1) is 11.4 Å². The third-order valence-corrected chi connectivity index (χ3v) is 4.42. The van der Waals surface area contributed by atoms with Crippen LogP contribution in [0.5, 0.6) is 0 Å². The maximum Gasteiger partial charge on any atom is 0.264 e. The first kappa shape index (κ1) is 16.3. The zero-order valence-corrected chi connectivity index (χ0v) is 13.8. The number of anilines is 1. The first-order valence-corrected chi connectivity index (χ1v) is 8.47. The van der Waals surface area contributed by atoms with Crippen molar-refractivity contribution in [1.82, 2.24) is 9.73 Å². The van der Waals surface area contributed by atoms with Gasteiger partial charge in [-0.25, -0.2) is 18.1 Å². The van der Waals surface area contributed by atoms with Crippen LogP contribution in [0, 0.1) is 5.41 Å².